The molecule has 132 valence electrons. The van der Waals surface area contributed by atoms with Gasteiger partial charge in [-0.2, -0.15) is 5.10 Å². The summed E-state index contributed by atoms with van der Waals surface area (Å²) in [7, 11) is 0. The quantitative estimate of drug-likeness (QED) is 0.769. The van der Waals surface area contributed by atoms with E-state index in [0.717, 1.165) is 12.0 Å². The lowest BCUT2D eigenvalue weighted by Gasteiger charge is -2.15. The van der Waals surface area contributed by atoms with Crippen LogP contribution < -0.4 is 10.9 Å². The summed E-state index contributed by atoms with van der Waals surface area (Å²) in [6.07, 6.45) is 4.27. The average Bonchev–Trinajstić information content (AvgIpc) is 2.69. The number of rotatable bonds is 5. The highest BCUT2D eigenvalue weighted by molar-refractivity contribution is 5.93. The van der Waals surface area contributed by atoms with E-state index in [1.807, 2.05) is 30.3 Å². The zero-order chi connectivity index (χ0) is 18.5. The molecule has 1 unspecified atom stereocenters. The minimum atomic E-state index is -0.745. The van der Waals surface area contributed by atoms with E-state index in [0.29, 0.717) is 11.4 Å². The lowest BCUT2D eigenvalue weighted by molar-refractivity contribution is -0.119. The fourth-order valence-corrected chi connectivity index (χ4v) is 2.55. The van der Waals surface area contributed by atoms with Crippen LogP contribution in [0.1, 0.15) is 25.5 Å². The Hall–Kier alpha value is -3.28. The molecule has 0 aliphatic heterocycles. The van der Waals surface area contributed by atoms with Gasteiger partial charge in [0, 0.05) is 29.7 Å². The van der Waals surface area contributed by atoms with Crippen molar-refractivity contribution in [3.63, 3.8) is 0 Å². The standard InChI is InChI=1S/C20H20N4O2/c1-3-15-6-8-17(9-7-15)22-20(26)14(2)24-19(25)11-10-18(23-24)16-5-4-12-21-13-16/h4-14H,3H2,1-2H3,(H,22,26). The first kappa shape index (κ1) is 17.5. The Kier molecular flexibility index (Phi) is 5.22. The van der Waals surface area contributed by atoms with Crippen LogP contribution >= 0.6 is 0 Å². The lowest BCUT2D eigenvalue weighted by Crippen LogP contribution is -2.33. The van der Waals surface area contributed by atoms with Gasteiger partial charge in [-0.05, 0) is 49.2 Å². The number of nitrogens with one attached hydrogen (secondary N) is 1. The molecule has 0 spiro atoms. The van der Waals surface area contributed by atoms with Gasteiger partial charge in [0.15, 0.2) is 0 Å². The SMILES string of the molecule is CCc1ccc(NC(=O)C(C)n2nc(-c3cccnc3)ccc2=O)cc1. The zero-order valence-corrected chi connectivity index (χ0v) is 14.7. The maximum atomic E-state index is 12.5. The third kappa shape index (κ3) is 3.85. The molecule has 6 nitrogen and oxygen atoms in total. The van der Waals surface area contributed by atoms with Crippen molar-refractivity contribution in [3.05, 3.63) is 76.8 Å². The van der Waals surface area contributed by atoms with Crippen LogP contribution in [-0.2, 0) is 11.2 Å². The van der Waals surface area contributed by atoms with Crippen molar-refractivity contribution >= 4 is 11.6 Å². The molecule has 1 atom stereocenters. The van der Waals surface area contributed by atoms with Gasteiger partial charge >= 0.3 is 0 Å². The van der Waals surface area contributed by atoms with Crippen molar-refractivity contribution in [2.45, 2.75) is 26.3 Å². The Morgan fingerprint density at radius 2 is 1.92 bits per heavy atom. The van der Waals surface area contributed by atoms with E-state index in [1.165, 1.54) is 16.3 Å². The molecule has 26 heavy (non-hydrogen) atoms. The van der Waals surface area contributed by atoms with Crippen molar-refractivity contribution in [1.29, 1.82) is 0 Å². The number of amides is 1. The maximum absolute atomic E-state index is 12.5. The van der Waals surface area contributed by atoms with Crippen LogP contribution in [0.2, 0.25) is 0 Å². The van der Waals surface area contributed by atoms with Gasteiger partial charge in [-0.25, -0.2) is 4.68 Å². The van der Waals surface area contributed by atoms with E-state index in [2.05, 4.69) is 22.3 Å². The first-order valence-corrected chi connectivity index (χ1v) is 8.48. The summed E-state index contributed by atoms with van der Waals surface area (Å²) in [5, 5.41) is 7.16. The summed E-state index contributed by atoms with van der Waals surface area (Å²) < 4.78 is 1.19. The van der Waals surface area contributed by atoms with Gasteiger partial charge in [-0.1, -0.05) is 19.1 Å². The number of benzene rings is 1. The first-order valence-electron chi connectivity index (χ1n) is 8.48. The van der Waals surface area contributed by atoms with Crippen molar-refractivity contribution in [2.24, 2.45) is 0 Å². The molecule has 0 saturated carbocycles. The normalized spacial score (nSPS) is 11.8. The summed E-state index contributed by atoms with van der Waals surface area (Å²) in [4.78, 5) is 28.8. The van der Waals surface area contributed by atoms with Crippen LogP contribution in [0.15, 0.2) is 65.7 Å². The molecule has 1 aromatic carbocycles. The fraction of sp³-hybridized carbons (Fsp3) is 0.200. The molecule has 2 heterocycles. The van der Waals surface area contributed by atoms with Gasteiger partial charge in [0.25, 0.3) is 5.56 Å². The van der Waals surface area contributed by atoms with E-state index < -0.39 is 6.04 Å². The minimum Gasteiger partial charge on any atom is -0.324 e. The average molecular weight is 348 g/mol. The maximum Gasteiger partial charge on any atom is 0.267 e. The predicted octanol–water partition coefficient (Wildman–Crippen LogP) is 3.07. The molecule has 2 aromatic heterocycles. The van der Waals surface area contributed by atoms with Crippen molar-refractivity contribution in [3.8, 4) is 11.3 Å². The topological polar surface area (TPSA) is 76.9 Å². The molecule has 0 bridgehead atoms. The number of hydrogen-bond donors (Lipinski definition) is 1. The summed E-state index contributed by atoms with van der Waals surface area (Å²) in [6, 6.07) is 13.6. The number of nitrogens with zero attached hydrogens (tertiary/aromatic N) is 3. The van der Waals surface area contributed by atoms with Crippen LogP contribution in [0.5, 0.6) is 0 Å². The Labute approximate surface area is 151 Å². The first-order chi connectivity index (χ1) is 12.6. The molecule has 1 amide bonds. The number of aromatic nitrogens is 3. The van der Waals surface area contributed by atoms with Crippen LogP contribution in [-0.4, -0.2) is 20.7 Å². The summed E-state index contributed by atoms with van der Waals surface area (Å²) in [6.45, 7) is 3.72. The molecular formula is C20H20N4O2. The molecule has 6 heteroatoms. The van der Waals surface area contributed by atoms with Gasteiger partial charge in [0.05, 0.1) is 5.69 Å². The molecule has 0 radical (unpaired) electrons. The molecule has 0 saturated heterocycles. The van der Waals surface area contributed by atoms with E-state index in [1.54, 1.807) is 31.5 Å². The van der Waals surface area contributed by atoms with Gasteiger partial charge in [0.1, 0.15) is 6.04 Å². The Morgan fingerprint density at radius 1 is 1.15 bits per heavy atom. The van der Waals surface area contributed by atoms with Crippen molar-refractivity contribution in [2.75, 3.05) is 5.32 Å². The third-order valence-corrected chi connectivity index (χ3v) is 4.16. The summed E-state index contributed by atoms with van der Waals surface area (Å²) in [5.74, 6) is -0.299. The van der Waals surface area contributed by atoms with Crippen molar-refractivity contribution in [1.82, 2.24) is 14.8 Å². The Balaban J connectivity index is 1.83. The van der Waals surface area contributed by atoms with Crippen LogP contribution in [0.3, 0.4) is 0 Å². The predicted molar refractivity (Wildman–Crippen MR) is 101 cm³/mol. The number of carbonyl (C=O) groups excluding carboxylic acids is 1. The zero-order valence-electron chi connectivity index (χ0n) is 14.7. The molecule has 3 rings (SSSR count). The third-order valence-electron chi connectivity index (χ3n) is 4.16. The largest absolute Gasteiger partial charge is 0.324 e. The number of pyridine rings is 1. The molecule has 0 aliphatic rings. The number of aryl methyl sites for hydroxylation is 1. The lowest BCUT2D eigenvalue weighted by atomic mass is 10.1. The van der Waals surface area contributed by atoms with Gasteiger partial charge in [-0.15, -0.1) is 0 Å². The second-order valence-corrected chi connectivity index (χ2v) is 5.96. The monoisotopic (exact) mass is 348 g/mol. The number of carbonyl (C=O) groups is 1. The Bertz CT molecular complexity index is 950. The second-order valence-electron chi connectivity index (χ2n) is 5.96. The molecule has 0 aliphatic carbocycles. The van der Waals surface area contributed by atoms with E-state index in [9.17, 15) is 9.59 Å². The minimum absolute atomic E-state index is 0.299. The second kappa shape index (κ2) is 7.74. The van der Waals surface area contributed by atoms with E-state index in [-0.39, 0.29) is 11.5 Å². The smallest absolute Gasteiger partial charge is 0.267 e. The van der Waals surface area contributed by atoms with Crippen LogP contribution in [0.25, 0.3) is 11.3 Å². The highest BCUT2D eigenvalue weighted by atomic mass is 16.2. The summed E-state index contributed by atoms with van der Waals surface area (Å²) in [5.41, 5.74) is 2.92. The molecular weight excluding hydrogens is 328 g/mol. The van der Waals surface area contributed by atoms with E-state index >= 15 is 0 Å². The molecule has 1 N–H and O–H groups in total. The molecule has 3 aromatic rings. The Morgan fingerprint density at radius 3 is 2.58 bits per heavy atom. The number of hydrogen-bond acceptors (Lipinski definition) is 4. The highest BCUT2D eigenvalue weighted by Gasteiger charge is 2.18. The summed E-state index contributed by atoms with van der Waals surface area (Å²) >= 11 is 0. The van der Waals surface area contributed by atoms with Crippen LogP contribution in [0.4, 0.5) is 5.69 Å². The van der Waals surface area contributed by atoms with Crippen LogP contribution in [0, 0.1) is 0 Å². The highest BCUT2D eigenvalue weighted by Crippen LogP contribution is 2.16. The van der Waals surface area contributed by atoms with Gasteiger partial charge in [-0.3, -0.25) is 14.6 Å². The fourth-order valence-electron chi connectivity index (χ4n) is 2.55. The van der Waals surface area contributed by atoms with Gasteiger partial charge in [0.2, 0.25) is 5.91 Å². The number of anilines is 1. The molecule has 0 fully saturated rings. The van der Waals surface area contributed by atoms with E-state index in [4.69, 9.17) is 0 Å². The van der Waals surface area contributed by atoms with Crippen molar-refractivity contribution < 1.29 is 4.79 Å². The van der Waals surface area contributed by atoms with Gasteiger partial charge < -0.3 is 5.32 Å².